The zero-order chi connectivity index (χ0) is 24.9. The number of pyridine rings is 1. The summed E-state index contributed by atoms with van der Waals surface area (Å²) in [6.45, 7) is 5.29. The molecule has 4 heterocycles. The Hall–Kier alpha value is -3.86. The topological polar surface area (TPSA) is 114 Å². The highest BCUT2D eigenvalue weighted by molar-refractivity contribution is 7.92. The van der Waals surface area contributed by atoms with Gasteiger partial charge in [-0.3, -0.25) is 19.1 Å². The molecule has 4 aromatic rings. The van der Waals surface area contributed by atoms with Crippen LogP contribution in [0.15, 0.2) is 53.9 Å². The maximum absolute atomic E-state index is 14.4. The average Bonchev–Trinajstić information content (AvgIpc) is 3.16. The SMILES string of the molecule is CCS(=N)(=O)c1ccc(-c2cn3c(CN4C(=O)[C@@H](C)Oc5c(F)cccc54)c(C)nc3cn2)cn1. The molecule has 0 saturated carbocycles. The fourth-order valence-electron chi connectivity index (χ4n) is 4.04. The van der Waals surface area contributed by atoms with Gasteiger partial charge in [0.05, 0.1) is 45.2 Å². The van der Waals surface area contributed by atoms with Gasteiger partial charge in [-0.1, -0.05) is 13.0 Å². The molecular weight excluding hydrogens is 471 g/mol. The van der Waals surface area contributed by atoms with Crippen molar-refractivity contribution in [2.75, 3.05) is 10.7 Å². The highest BCUT2D eigenvalue weighted by Gasteiger charge is 2.34. The molecule has 0 fully saturated rings. The zero-order valence-corrected chi connectivity index (χ0v) is 20.2. The van der Waals surface area contributed by atoms with Crippen LogP contribution in [0.3, 0.4) is 0 Å². The molecule has 1 aliphatic heterocycles. The molecule has 180 valence electrons. The number of amides is 1. The van der Waals surface area contributed by atoms with Crippen LogP contribution in [-0.2, 0) is 21.1 Å². The molecule has 1 unspecified atom stereocenters. The summed E-state index contributed by atoms with van der Waals surface area (Å²) in [5, 5.41) is 0.231. The molecule has 0 spiro atoms. The average molecular weight is 495 g/mol. The second kappa shape index (κ2) is 8.42. The molecule has 9 nitrogen and oxygen atoms in total. The number of para-hydroxylation sites is 1. The van der Waals surface area contributed by atoms with Crippen LogP contribution in [0, 0.1) is 17.5 Å². The molecular formula is C24H23FN6O3S. The van der Waals surface area contributed by atoms with Gasteiger partial charge in [-0.2, -0.15) is 0 Å². The number of carbonyl (C=O) groups excluding carboxylic acids is 1. The Kier molecular flexibility index (Phi) is 5.51. The predicted octanol–water partition coefficient (Wildman–Crippen LogP) is 3.98. The lowest BCUT2D eigenvalue weighted by molar-refractivity contribution is -0.125. The van der Waals surface area contributed by atoms with E-state index in [-0.39, 0.29) is 29.0 Å². The first-order chi connectivity index (χ1) is 16.7. The van der Waals surface area contributed by atoms with Crippen molar-refractivity contribution in [1.82, 2.24) is 19.4 Å². The Labute approximate surface area is 201 Å². The van der Waals surface area contributed by atoms with E-state index in [0.29, 0.717) is 28.3 Å². The van der Waals surface area contributed by atoms with Gasteiger partial charge in [0.25, 0.3) is 5.91 Å². The lowest BCUT2D eigenvalue weighted by Gasteiger charge is -2.33. The van der Waals surface area contributed by atoms with Crippen molar-refractivity contribution in [2.45, 2.75) is 38.4 Å². The van der Waals surface area contributed by atoms with Crippen molar-refractivity contribution in [3.8, 4) is 17.0 Å². The number of aryl methyl sites for hydroxylation is 1. The quantitative estimate of drug-likeness (QED) is 0.449. The molecule has 0 saturated heterocycles. The molecule has 1 aromatic carbocycles. The van der Waals surface area contributed by atoms with Gasteiger partial charge >= 0.3 is 0 Å². The minimum absolute atomic E-state index is 0.0534. The van der Waals surface area contributed by atoms with Crippen molar-refractivity contribution in [3.63, 3.8) is 0 Å². The van der Waals surface area contributed by atoms with Crippen molar-refractivity contribution < 1.29 is 18.1 Å². The first kappa shape index (κ1) is 22.9. The number of aromatic nitrogens is 4. The largest absolute Gasteiger partial charge is 0.476 e. The lowest BCUT2D eigenvalue weighted by atomic mass is 10.1. The summed E-state index contributed by atoms with van der Waals surface area (Å²) in [5.74, 6) is -0.560. The first-order valence-electron chi connectivity index (χ1n) is 11.0. The standard InChI is InChI=1S/C24H23FN6O3S/c1-4-35(26,33)22-9-8-16(10-28-22)18-12-30-20(14(2)29-21(30)11-27-18)13-31-19-7-5-6-17(25)23(19)34-15(3)24(31)32/h5-12,15,26H,4,13H2,1-3H3/t15-,35?/m1/s1. The van der Waals surface area contributed by atoms with E-state index in [1.807, 2.05) is 11.3 Å². The maximum atomic E-state index is 14.4. The Balaban J connectivity index is 1.55. The fraction of sp³-hybridized carbons (Fsp3) is 0.250. The van der Waals surface area contributed by atoms with E-state index in [0.717, 1.165) is 5.69 Å². The van der Waals surface area contributed by atoms with Crippen LogP contribution in [0.4, 0.5) is 10.1 Å². The Bertz CT molecular complexity index is 1570. The summed E-state index contributed by atoms with van der Waals surface area (Å²) in [4.78, 5) is 27.8. The van der Waals surface area contributed by atoms with Crippen molar-refractivity contribution in [2.24, 2.45) is 0 Å². The third kappa shape index (κ3) is 3.91. The number of carbonyl (C=O) groups is 1. The number of halogens is 1. The van der Waals surface area contributed by atoms with Gasteiger partial charge in [-0.15, -0.1) is 0 Å². The summed E-state index contributed by atoms with van der Waals surface area (Å²) in [6, 6.07) is 7.81. The second-order valence-corrected chi connectivity index (χ2v) is 10.6. The number of fused-ring (bicyclic) bond motifs is 2. The monoisotopic (exact) mass is 494 g/mol. The third-order valence-electron chi connectivity index (χ3n) is 6.04. The van der Waals surface area contributed by atoms with Gasteiger partial charge in [0.2, 0.25) is 0 Å². The molecule has 11 heteroatoms. The minimum Gasteiger partial charge on any atom is -0.476 e. The van der Waals surface area contributed by atoms with E-state index in [1.54, 1.807) is 56.7 Å². The van der Waals surface area contributed by atoms with E-state index in [2.05, 4.69) is 15.0 Å². The van der Waals surface area contributed by atoms with E-state index in [1.165, 1.54) is 11.0 Å². The van der Waals surface area contributed by atoms with Gasteiger partial charge in [-0.05, 0) is 38.1 Å². The van der Waals surface area contributed by atoms with Gasteiger partial charge in [0, 0.05) is 23.7 Å². The van der Waals surface area contributed by atoms with Gasteiger partial charge in [0.15, 0.2) is 23.3 Å². The molecule has 3 aromatic heterocycles. The molecule has 35 heavy (non-hydrogen) atoms. The number of rotatable bonds is 5. The van der Waals surface area contributed by atoms with Gasteiger partial charge in [0.1, 0.15) is 5.03 Å². The van der Waals surface area contributed by atoms with Crippen molar-refractivity contribution >= 4 is 27.0 Å². The summed E-state index contributed by atoms with van der Waals surface area (Å²) < 4.78 is 42.0. The molecule has 5 rings (SSSR count). The first-order valence-corrected chi connectivity index (χ1v) is 12.8. The van der Waals surface area contributed by atoms with Crippen LogP contribution >= 0.6 is 0 Å². The molecule has 1 amide bonds. The number of hydrogen-bond acceptors (Lipinski definition) is 7. The van der Waals surface area contributed by atoms with Crippen molar-refractivity contribution in [3.05, 3.63) is 66.1 Å². The molecule has 0 bridgehead atoms. The lowest BCUT2D eigenvalue weighted by Crippen LogP contribution is -2.44. The molecule has 0 radical (unpaired) electrons. The van der Waals surface area contributed by atoms with E-state index < -0.39 is 21.7 Å². The fourth-order valence-corrected chi connectivity index (χ4v) is 4.85. The van der Waals surface area contributed by atoms with Crippen LogP contribution < -0.4 is 9.64 Å². The number of nitrogens with one attached hydrogen (secondary N) is 1. The Morgan fingerprint density at radius 3 is 2.71 bits per heavy atom. The van der Waals surface area contributed by atoms with Crippen LogP contribution in [0.25, 0.3) is 16.9 Å². The molecule has 1 aliphatic rings. The van der Waals surface area contributed by atoms with Crippen molar-refractivity contribution in [1.29, 1.82) is 4.78 Å². The summed E-state index contributed by atoms with van der Waals surface area (Å²) >= 11 is 0. The van der Waals surface area contributed by atoms with Crippen LogP contribution in [0.5, 0.6) is 5.75 Å². The molecule has 0 aliphatic carbocycles. The van der Waals surface area contributed by atoms with Crippen LogP contribution in [-0.4, -0.2) is 41.3 Å². The predicted molar refractivity (Wildman–Crippen MR) is 128 cm³/mol. The number of hydrogen-bond donors (Lipinski definition) is 1. The Morgan fingerprint density at radius 2 is 2.00 bits per heavy atom. The van der Waals surface area contributed by atoms with Crippen LogP contribution in [0.2, 0.25) is 0 Å². The summed E-state index contributed by atoms with van der Waals surface area (Å²) in [7, 11) is -2.91. The number of imidazole rings is 1. The Morgan fingerprint density at radius 1 is 1.20 bits per heavy atom. The number of nitrogens with zero attached hydrogens (tertiary/aromatic N) is 5. The molecule has 1 N–H and O–H groups in total. The normalized spacial score (nSPS) is 17.2. The second-order valence-electron chi connectivity index (χ2n) is 8.27. The van der Waals surface area contributed by atoms with E-state index >= 15 is 0 Å². The van der Waals surface area contributed by atoms with Crippen LogP contribution in [0.1, 0.15) is 25.2 Å². The summed E-state index contributed by atoms with van der Waals surface area (Å²) in [5.41, 5.74) is 3.69. The van der Waals surface area contributed by atoms with E-state index in [4.69, 9.17) is 9.52 Å². The van der Waals surface area contributed by atoms with Gasteiger partial charge < -0.3 is 4.74 Å². The number of benzene rings is 1. The zero-order valence-electron chi connectivity index (χ0n) is 19.4. The smallest absolute Gasteiger partial charge is 0.268 e. The third-order valence-corrected chi connectivity index (χ3v) is 7.77. The van der Waals surface area contributed by atoms with E-state index in [9.17, 15) is 13.4 Å². The number of ether oxygens (including phenoxy) is 1. The molecule has 2 atom stereocenters. The number of anilines is 1. The highest BCUT2D eigenvalue weighted by Crippen LogP contribution is 2.37. The summed E-state index contributed by atoms with van der Waals surface area (Å²) in [6.07, 6.45) is 4.14. The highest BCUT2D eigenvalue weighted by atomic mass is 32.2. The van der Waals surface area contributed by atoms with Gasteiger partial charge in [-0.25, -0.2) is 23.3 Å². The minimum atomic E-state index is -2.91. The maximum Gasteiger partial charge on any atom is 0.268 e.